The van der Waals surface area contributed by atoms with Crippen LogP contribution in [-0.2, 0) is 12.8 Å². The molecular weight excluding hydrogens is 261 g/mol. The number of nitrogens with zero attached hydrogens (tertiary/aromatic N) is 2. The fraction of sp³-hybridized carbons (Fsp3) is 0.286. The number of halogens is 1. The summed E-state index contributed by atoms with van der Waals surface area (Å²) in [5.41, 5.74) is 0.990. The number of benzene rings is 1. The molecule has 0 atom stereocenters. The van der Waals surface area contributed by atoms with Gasteiger partial charge in [-0.2, -0.15) is 5.26 Å². The standard InChI is InChI=1S/C14H14FN3S/c1-2-12-9-18-14(19-12)5-6-17-13-4-3-11(15)7-10(13)8-16/h3-4,7,9,17H,2,5-6H2,1H3. The molecule has 0 fully saturated rings. The molecule has 0 aliphatic rings. The zero-order chi connectivity index (χ0) is 13.7. The van der Waals surface area contributed by atoms with E-state index in [1.807, 2.05) is 12.3 Å². The van der Waals surface area contributed by atoms with Gasteiger partial charge in [0.1, 0.15) is 11.9 Å². The van der Waals surface area contributed by atoms with E-state index in [9.17, 15) is 4.39 Å². The maximum atomic E-state index is 13.0. The largest absolute Gasteiger partial charge is 0.384 e. The average molecular weight is 275 g/mol. The summed E-state index contributed by atoms with van der Waals surface area (Å²) < 4.78 is 13.0. The van der Waals surface area contributed by atoms with Crippen molar-refractivity contribution < 1.29 is 4.39 Å². The number of hydrogen-bond donors (Lipinski definition) is 1. The molecule has 0 saturated carbocycles. The highest BCUT2D eigenvalue weighted by Crippen LogP contribution is 2.17. The fourth-order valence-electron chi connectivity index (χ4n) is 1.69. The van der Waals surface area contributed by atoms with Crippen LogP contribution >= 0.6 is 11.3 Å². The number of aryl methyl sites for hydroxylation is 1. The summed E-state index contributed by atoms with van der Waals surface area (Å²) in [5.74, 6) is -0.394. The third-order valence-electron chi connectivity index (χ3n) is 2.71. The third-order valence-corrected chi connectivity index (χ3v) is 3.91. The molecule has 5 heteroatoms. The van der Waals surface area contributed by atoms with E-state index in [0.29, 0.717) is 17.8 Å². The molecule has 0 aliphatic carbocycles. The Bertz CT molecular complexity index is 601. The molecule has 1 N–H and O–H groups in total. The first-order chi connectivity index (χ1) is 9.22. The Morgan fingerprint density at radius 1 is 1.47 bits per heavy atom. The van der Waals surface area contributed by atoms with Crippen molar-refractivity contribution in [3.63, 3.8) is 0 Å². The van der Waals surface area contributed by atoms with Crippen LogP contribution in [0, 0.1) is 17.1 Å². The summed E-state index contributed by atoms with van der Waals surface area (Å²) in [5, 5.41) is 13.1. The minimum Gasteiger partial charge on any atom is -0.384 e. The van der Waals surface area contributed by atoms with Crippen LogP contribution < -0.4 is 5.32 Å². The first-order valence-electron chi connectivity index (χ1n) is 6.10. The van der Waals surface area contributed by atoms with Gasteiger partial charge in [0.15, 0.2) is 0 Å². The summed E-state index contributed by atoms with van der Waals surface area (Å²) in [6.45, 7) is 2.78. The van der Waals surface area contributed by atoms with Crippen molar-refractivity contribution in [2.24, 2.45) is 0 Å². The lowest BCUT2D eigenvalue weighted by Crippen LogP contribution is -2.06. The molecule has 2 aromatic rings. The average Bonchev–Trinajstić information content (AvgIpc) is 2.88. The highest BCUT2D eigenvalue weighted by atomic mass is 32.1. The van der Waals surface area contributed by atoms with Gasteiger partial charge in [0.2, 0.25) is 0 Å². The predicted octanol–water partition coefficient (Wildman–Crippen LogP) is 3.37. The van der Waals surface area contributed by atoms with Crippen LogP contribution in [0.25, 0.3) is 0 Å². The van der Waals surface area contributed by atoms with E-state index >= 15 is 0 Å². The van der Waals surface area contributed by atoms with Crippen LogP contribution in [0.2, 0.25) is 0 Å². The number of hydrogen-bond acceptors (Lipinski definition) is 4. The smallest absolute Gasteiger partial charge is 0.124 e. The zero-order valence-corrected chi connectivity index (χ0v) is 11.4. The Morgan fingerprint density at radius 3 is 3.00 bits per heavy atom. The van der Waals surface area contributed by atoms with Crippen LogP contribution in [0.5, 0.6) is 0 Å². The first-order valence-corrected chi connectivity index (χ1v) is 6.91. The van der Waals surface area contributed by atoms with Gasteiger partial charge in [-0.3, -0.25) is 0 Å². The van der Waals surface area contributed by atoms with Gasteiger partial charge >= 0.3 is 0 Å². The highest BCUT2D eigenvalue weighted by molar-refractivity contribution is 7.11. The van der Waals surface area contributed by atoms with Crippen molar-refractivity contribution in [1.82, 2.24) is 4.98 Å². The molecule has 1 aromatic heterocycles. The van der Waals surface area contributed by atoms with E-state index in [4.69, 9.17) is 5.26 Å². The lowest BCUT2D eigenvalue weighted by molar-refractivity contribution is 0.627. The Kier molecular flexibility index (Phi) is 4.48. The molecule has 0 aliphatic heterocycles. The lowest BCUT2D eigenvalue weighted by atomic mass is 10.2. The number of aromatic nitrogens is 1. The lowest BCUT2D eigenvalue weighted by Gasteiger charge is -2.06. The minimum absolute atomic E-state index is 0.327. The van der Waals surface area contributed by atoms with Crippen molar-refractivity contribution in [2.45, 2.75) is 19.8 Å². The van der Waals surface area contributed by atoms with Gasteiger partial charge < -0.3 is 5.32 Å². The van der Waals surface area contributed by atoms with Gasteiger partial charge in [-0.15, -0.1) is 11.3 Å². The molecule has 0 radical (unpaired) electrons. The molecule has 3 nitrogen and oxygen atoms in total. The fourth-order valence-corrected chi connectivity index (χ4v) is 2.56. The van der Waals surface area contributed by atoms with E-state index in [-0.39, 0.29) is 0 Å². The molecule has 0 saturated heterocycles. The van der Waals surface area contributed by atoms with E-state index in [1.165, 1.54) is 17.0 Å². The van der Waals surface area contributed by atoms with E-state index < -0.39 is 5.82 Å². The first kappa shape index (κ1) is 13.5. The predicted molar refractivity (Wildman–Crippen MR) is 74.8 cm³/mol. The molecule has 2 rings (SSSR count). The second-order valence-corrected chi connectivity index (χ2v) is 5.25. The van der Waals surface area contributed by atoms with Crippen LogP contribution in [0.4, 0.5) is 10.1 Å². The van der Waals surface area contributed by atoms with Gasteiger partial charge in [-0.25, -0.2) is 9.37 Å². The number of nitriles is 1. The second-order valence-electron chi connectivity index (χ2n) is 4.05. The van der Waals surface area contributed by atoms with E-state index in [0.717, 1.165) is 17.8 Å². The van der Waals surface area contributed by atoms with Crippen LogP contribution in [0.3, 0.4) is 0 Å². The minimum atomic E-state index is -0.394. The van der Waals surface area contributed by atoms with Crippen molar-refractivity contribution >= 4 is 17.0 Å². The third kappa shape index (κ3) is 3.52. The molecule has 0 bridgehead atoms. The second kappa shape index (κ2) is 6.30. The van der Waals surface area contributed by atoms with E-state index in [2.05, 4.69) is 17.2 Å². The summed E-state index contributed by atoms with van der Waals surface area (Å²) in [6, 6.07) is 6.16. The molecule has 1 heterocycles. The van der Waals surface area contributed by atoms with Gasteiger partial charge in [0.25, 0.3) is 0 Å². The Labute approximate surface area is 115 Å². The van der Waals surface area contributed by atoms with Gasteiger partial charge in [-0.1, -0.05) is 6.92 Å². The number of nitrogens with one attached hydrogen (secondary N) is 1. The van der Waals surface area contributed by atoms with Gasteiger partial charge in [0, 0.05) is 24.0 Å². The molecular formula is C14H14FN3S. The number of rotatable bonds is 5. The maximum absolute atomic E-state index is 13.0. The SMILES string of the molecule is CCc1cnc(CCNc2ccc(F)cc2C#N)s1. The van der Waals surface area contributed by atoms with Crippen LogP contribution in [0.1, 0.15) is 22.4 Å². The topological polar surface area (TPSA) is 48.7 Å². The Balaban J connectivity index is 1.94. The normalized spacial score (nSPS) is 10.2. The van der Waals surface area contributed by atoms with Crippen LogP contribution in [-0.4, -0.2) is 11.5 Å². The molecule has 0 spiro atoms. The van der Waals surface area contributed by atoms with Crippen molar-refractivity contribution in [3.8, 4) is 6.07 Å². The van der Waals surface area contributed by atoms with Crippen LogP contribution in [0.15, 0.2) is 24.4 Å². The molecule has 1 aromatic carbocycles. The Hall–Kier alpha value is -1.93. The van der Waals surface area contributed by atoms with Crippen molar-refractivity contribution in [1.29, 1.82) is 5.26 Å². The van der Waals surface area contributed by atoms with Crippen molar-refractivity contribution in [2.75, 3.05) is 11.9 Å². The summed E-state index contributed by atoms with van der Waals surface area (Å²) in [4.78, 5) is 5.60. The van der Waals surface area contributed by atoms with Gasteiger partial charge in [0.05, 0.1) is 16.3 Å². The number of anilines is 1. The molecule has 0 unspecified atom stereocenters. The highest BCUT2D eigenvalue weighted by Gasteiger charge is 2.04. The van der Waals surface area contributed by atoms with Crippen molar-refractivity contribution in [3.05, 3.63) is 45.7 Å². The Morgan fingerprint density at radius 2 is 2.32 bits per heavy atom. The molecule has 0 amide bonds. The maximum Gasteiger partial charge on any atom is 0.124 e. The summed E-state index contributed by atoms with van der Waals surface area (Å²) in [7, 11) is 0. The monoisotopic (exact) mass is 275 g/mol. The van der Waals surface area contributed by atoms with Gasteiger partial charge in [-0.05, 0) is 24.6 Å². The van der Waals surface area contributed by atoms with E-state index in [1.54, 1.807) is 17.4 Å². The summed E-state index contributed by atoms with van der Waals surface area (Å²) >= 11 is 1.70. The summed E-state index contributed by atoms with van der Waals surface area (Å²) in [6.07, 6.45) is 3.70. The zero-order valence-electron chi connectivity index (χ0n) is 10.6. The number of thiazole rings is 1. The molecule has 19 heavy (non-hydrogen) atoms. The molecule has 98 valence electrons. The quantitative estimate of drug-likeness (QED) is 0.910.